The predicted molar refractivity (Wildman–Crippen MR) is 128 cm³/mol. The number of carbonyl (C=O) groups is 2. The van der Waals surface area contributed by atoms with E-state index in [1.807, 2.05) is 52.8 Å². The molecule has 0 radical (unpaired) electrons. The molecule has 2 amide bonds. The van der Waals surface area contributed by atoms with Crippen molar-refractivity contribution in [2.45, 2.75) is 77.4 Å². The van der Waals surface area contributed by atoms with Crippen molar-refractivity contribution in [3.63, 3.8) is 0 Å². The van der Waals surface area contributed by atoms with Crippen LogP contribution in [0.4, 0.5) is 4.79 Å². The Morgan fingerprint density at radius 2 is 1.82 bits per heavy atom. The second kappa shape index (κ2) is 10.8. The van der Waals surface area contributed by atoms with Crippen LogP contribution in [0.2, 0.25) is 0 Å². The molecule has 33 heavy (non-hydrogen) atoms. The summed E-state index contributed by atoms with van der Waals surface area (Å²) in [7, 11) is 0. The van der Waals surface area contributed by atoms with Crippen molar-refractivity contribution >= 4 is 12.0 Å². The highest BCUT2D eigenvalue weighted by Gasteiger charge is 2.44. The van der Waals surface area contributed by atoms with Gasteiger partial charge >= 0.3 is 6.09 Å². The molecule has 3 rings (SSSR count). The van der Waals surface area contributed by atoms with Crippen LogP contribution in [-0.4, -0.2) is 72.4 Å². The van der Waals surface area contributed by atoms with Crippen molar-refractivity contribution in [2.75, 3.05) is 39.4 Å². The van der Waals surface area contributed by atoms with E-state index in [9.17, 15) is 9.59 Å². The number of ether oxygens (including phenoxy) is 3. The zero-order valence-electron chi connectivity index (χ0n) is 20.9. The van der Waals surface area contributed by atoms with Gasteiger partial charge in [0.05, 0.1) is 0 Å². The second-order valence-electron chi connectivity index (χ2n) is 10.1. The van der Waals surface area contributed by atoms with Crippen molar-refractivity contribution in [3.8, 4) is 5.75 Å². The lowest BCUT2D eigenvalue weighted by Crippen LogP contribution is -2.52. The van der Waals surface area contributed by atoms with Gasteiger partial charge in [-0.05, 0) is 65.0 Å². The van der Waals surface area contributed by atoms with Gasteiger partial charge in [0.2, 0.25) is 5.91 Å². The molecule has 7 nitrogen and oxygen atoms in total. The summed E-state index contributed by atoms with van der Waals surface area (Å²) in [4.78, 5) is 28.3. The number of piperidine rings is 1. The van der Waals surface area contributed by atoms with E-state index in [1.165, 1.54) is 5.56 Å². The summed E-state index contributed by atoms with van der Waals surface area (Å²) in [6.07, 6.45) is 3.02. The minimum absolute atomic E-state index is 0.0402. The third-order valence-electron chi connectivity index (χ3n) is 6.58. The van der Waals surface area contributed by atoms with Crippen LogP contribution in [0, 0.1) is 0 Å². The van der Waals surface area contributed by atoms with Crippen LogP contribution in [0.3, 0.4) is 0 Å². The first kappa shape index (κ1) is 25.3. The Kier molecular flexibility index (Phi) is 8.27. The van der Waals surface area contributed by atoms with E-state index >= 15 is 0 Å². The molecule has 7 heteroatoms. The van der Waals surface area contributed by atoms with Crippen LogP contribution >= 0.6 is 0 Å². The highest BCUT2D eigenvalue weighted by molar-refractivity contribution is 5.77. The van der Waals surface area contributed by atoms with E-state index in [4.69, 9.17) is 14.2 Å². The van der Waals surface area contributed by atoms with Gasteiger partial charge in [0.1, 0.15) is 23.6 Å². The SMILES string of the molecule is CCN(CC)C(=O)COCCC1CC2(CCN(C(=O)OC(C)(C)C)CC2)Oc2ccccc21. The van der Waals surface area contributed by atoms with E-state index in [0.717, 1.165) is 31.4 Å². The largest absolute Gasteiger partial charge is 0.487 e. The van der Waals surface area contributed by atoms with E-state index in [-0.39, 0.29) is 24.2 Å². The van der Waals surface area contributed by atoms with Gasteiger partial charge in [0.15, 0.2) is 0 Å². The summed E-state index contributed by atoms with van der Waals surface area (Å²) in [5, 5.41) is 0. The predicted octanol–water partition coefficient (Wildman–Crippen LogP) is 4.60. The third-order valence-corrected chi connectivity index (χ3v) is 6.58. The van der Waals surface area contributed by atoms with Crippen molar-refractivity contribution in [3.05, 3.63) is 29.8 Å². The number of benzene rings is 1. The van der Waals surface area contributed by atoms with Gasteiger partial charge in [-0.1, -0.05) is 18.2 Å². The lowest BCUT2D eigenvalue weighted by atomic mass is 9.76. The smallest absolute Gasteiger partial charge is 0.410 e. The Balaban J connectivity index is 1.59. The fraction of sp³-hybridized carbons (Fsp3) is 0.692. The minimum atomic E-state index is -0.496. The fourth-order valence-electron chi connectivity index (χ4n) is 4.78. The molecule has 1 aromatic rings. The quantitative estimate of drug-likeness (QED) is 0.557. The molecule has 1 saturated heterocycles. The molecule has 1 atom stereocenters. The first-order valence-electron chi connectivity index (χ1n) is 12.3. The summed E-state index contributed by atoms with van der Waals surface area (Å²) in [6.45, 7) is 12.9. The normalized spacial score (nSPS) is 19.5. The number of amides is 2. The van der Waals surface area contributed by atoms with E-state index in [2.05, 4.69) is 6.07 Å². The number of fused-ring (bicyclic) bond motifs is 1. The van der Waals surface area contributed by atoms with Gasteiger partial charge in [0, 0.05) is 45.6 Å². The first-order valence-corrected chi connectivity index (χ1v) is 12.3. The lowest BCUT2D eigenvalue weighted by molar-refractivity contribution is -0.135. The Morgan fingerprint density at radius 3 is 2.45 bits per heavy atom. The number of carbonyl (C=O) groups excluding carboxylic acids is 2. The lowest BCUT2D eigenvalue weighted by Gasteiger charge is -2.47. The third kappa shape index (κ3) is 6.62. The molecule has 2 heterocycles. The Hall–Kier alpha value is -2.28. The van der Waals surface area contributed by atoms with Crippen LogP contribution < -0.4 is 4.74 Å². The van der Waals surface area contributed by atoms with Gasteiger partial charge in [-0.15, -0.1) is 0 Å². The van der Waals surface area contributed by atoms with Crippen molar-refractivity contribution < 1.29 is 23.8 Å². The van der Waals surface area contributed by atoms with Crippen LogP contribution in [0.1, 0.15) is 71.8 Å². The molecule has 0 aromatic heterocycles. The van der Waals surface area contributed by atoms with Crippen molar-refractivity contribution in [1.82, 2.24) is 9.80 Å². The molecule has 1 spiro atoms. The number of likely N-dealkylation sites (N-methyl/N-ethyl adjacent to an activating group) is 1. The van der Waals surface area contributed by atoms with Crippen LogP contribution in [0.15, 0.2) is 24.3 Å². The van der Waals surface area contributed by atoms with Gasteiger partial charge in [-0.2, -0.15) is 0 Å². The molecule has 0 bridgehead atoms. The van der Waals surface area contributed by atoms with Crippen molar-refractivity contribution in [2.24, 2.45) is 0 Å². The average Bonchev–Trinajstić information content (AvgIpc) is 2.76. The van der Waals surface area contributed by atoms with Crippen LogP contribution in [0.5, 0.6) is 5.75 Å². The van der Waals surface area contributed by atoms with Crippen LogP contribution in [-0.2, 0) is 14.3 Å². The fourth-order valence-corrected chi connectivity index (χ4v) is 4.78. The zero-order chi connectivity index (χ0) is 24.1. The molecule has 184 valence electrons. The molecule has 1 fully saturated rings. The molecule has 1 unspecified atom stereocenters. The molecule has 0 aliphatic carbocycles. The standard InChI is InChI=1S/C26H40N2O5/c1-6-27(7-2)23(29)19-31-17-12-20-18-26(32-22-11-9-8-10-21(20)22)13-15-28(16-14-26)24(30)33-25(3,4)5/h8-11,20H,6-7,12-19H2,1-5H3. The highest BCUT2D eigenvalue weighted by Crippen LogP contribution is 2.46. The summed E-state index contributed by atoms with van der Waals surface area (Å²) < 4.78 is 17.9. The van der Waals surface area contributed by atoms with Gasteiger partial charge in [-0.3, -0.25) is 4.79 Å². The molecule has 0 N–H and O–H groups in total. The number of nitrogens with zero attached hydrogens (tertiary/aromatic N) is 2. The minimum Gasteiger partial charge on any atom is -0.487 e. The number of para-hydroxylation sites is 1. The average molecular weight is 461 g/mol. The summed E-state index contributed by atoms with van der Waals surface area (Å²) in [5.41, 5.74) is 0.426. The van der Waals surface area contributed by atoms with E-state index < -0.39 is 5.60 Å². The maximum atomic E-state index is 12.5. The maximum Gasteiger partial charge on any atom is 0.410 e. The number of hydrogen-bond acceptors (Lipinski definition) is 5. The summed E-state index contributed by atoms with van der Waals surface area (Å²) in [5.74, 6) is 1.27. The van der Waals surface area contributed by atoms with E-state index in [1.54, 1.807) is 9.80 Å². The molecule has 1 aromatic carbocycles. The van der Waals surface area contributed by atoms with Gasteiger partial charge in [-0.25, -0.2) is 4.79 Å². The zero-order valence-corrected chi connectivity index (χ0v) is 20.9. The van der Waals surface area contributed by atoms with E-state index in [0.29, 0.717) is 38.7 Å². The topological polar surface area (TPSA) is 68.3 Å². The van der Waals surface area contributed by atoms with Crippen molar-refractivity contribution in [1.29, 1.82) is 0 Å². The Labute approximate surface area is 198 Å². The first-order chi connectivity index (χ1) is 15.7. The number of rotatable bonds is 7. The number of hydrogen-bond donors (Lipinski definition) is 0. The Morgan fingerprint density at radius 1 is 1.15 bits per heavy atom. The van der Waals surface area contributed by atoms with Crippen LogP contribution in [0.25, 0.3) is 0 Å². The molecular formula is C26H40N2O5. The summed E-state index contributed by atoms with van der Waals surface area (Å²) in [6, 6.07) is 8.21. The summed E-state index contributed by atoms with van der Waals surface area (Å²) >= 11 is 0. The van der Waals surface area contributed by atoms with Gasteiger partial charge < -0.3 is 24.0 Å². The molecule has 0 saturated carbocycles. The highest BCUT2D eigenvalue weighted by atomic mass is 16.6. The van der Waals surface area contributed by atoms with Gasteiger partial charge in [0.25, 0.3) is 0 Å². The second-order valence-corrected chi connectivity index (χ2v) is 10.1. The molecular weight excluding hydrogens is 420 g/mol. The monoisotopic (exact) mass is 460 g/mol. The maximum absolute atomic E-state index is 12.5. The number of likely N-dealkylation sites (tertiary alicyclic amines) is 1. The molecule has 2 aliphatic heterocycles. The molecule has 2 aliphatic rings. The Bertz CT molecular complexity index is 807.